The molecular formula is C66H44N2. The van der Waals surface area contributed by atoms with Crippen molar-refractivity contribution in [3.63, 3.8) is 0 Å². The van der Waals surface area contributed by atoms with Crippen molar-refractivity contribution in [2.75, 3.05) is 9.80 Å². The molecule has 0 radical (unpaired) electrons. The summed E-state index contributed by atoms with van der Waals surface area (Å²) in [5.41, 5.74) is 11.7. The number of para-hydroxylation sites is 4. The molecule has 0 N–H and O–H groups in total. The van der Waals surface area contributed by atoms with Crippen LogP contribution in [-0.4, -0.2) is 0 Å². The Morgan fingerprint density at radius 1 is 0.206 bits per heavy atom. The predicted octanol–water partition coefficient (Wildman–Crippen LogP) is 18.9. The van der Waals surface area contributed by atoms with Gasteiger partial charge in [0.2, 0.25) is 0 Å². The van der Waals surface area contributed by atoms with Gasteiger partial charge in [0.1, 0.15) is 0 Å². The maximum absolute atomic E-state index is 2.43. The van der Waals surface area contributed by atoms with E-state index in [4.69, 9.17) is 0 Å². The number of anilines is 6. The van der Waals surface area contributed by atoms with E-state index in [1.807, 2.05) is 0 Å². The monoisotopic (exact) mass is 864 g/mol. The molecule has 13 aromatic carbocycles. The van der Waals surface area contributed by atoms with E-state index >= 15 is 0 Å². The second-order valence-electron chi connectivity index (χ2n) is 17.6. The van der Waals surface area contributed by atoms with Crippen molar-refractivity contribution in [3.05, 3.63) is 267 Å². The fourth-order valence-corrected chi connectivity index (χ4v) is 10.8. The number of fused-ring (bicyclic) bond motifs is 6. The Balaban J connectivity index is 1.06. The van der Waals surface area contributed by atoms with E-state index in [9.17, 15) is 0 Å². The maximum Gasteiger partial charge on any atom is 0.0618 e. The summed E-state index contributed by atoms with van der Waals surface area (Å²) in [4.78, 5) is 4.81. The van der Waals surface area contributed by atoms with Crippen LogP contribution in [0.5, 0.6) is 0 Å². The molecule has 0 atom stereocenters. The van der Waals surface area contributed by atoms with E-state index in [-0.39, 0.29) is 0 Å². The highest BCUT2D eigenvalue weighted by Crippen LogP contribution is 2.51. The average molecular weight is 865 g/mol. The normalized spacial score (nSPS) is 11.5. The molecule has 0 saturated heterocycles. The minimum Gasteiger partial charge on any atom is -0.310 e. The molecule has 0 aliphatic heterocycles. The fraction of sp³-hybridized carbons (Fsp3) is 0. The first-order valence-corrected chi connectivity index (χ1v) is 23.4. The molecule has 0 spiro atoms. The molecule has 0 aromatic heterocycles. The van der Waals surface area contributed by atoms with Crippen molar-refractivity contribution in [3.8, 4) is 22.3 Å². The number of nitrogens with zero attached hydrogens (tertiary/aromatic N) is 2. The van der Waals surface area contributed by atoms with Gasteiger partial charge in [-0.25, -0.2) is 0 Å². The molecule has 13 rings (SSSR count). The summed E-state index contributed by atoms with van der Waals surface area (Å²) in [6.07, 6.45) is 0. The van der Waals surface area contributed by atoms with Crippen LogP contribution in [0.1, 0.15) is 0 Å². The molecule has 0 amide bonds. The third kappa shape index (κ3) is 6.49. The van der Waals surface area contributed by atoms with Gasteiger partial charge in [-0.15, -0.1) is 0 Å². The average Bonchev–Trinajstić information content (AvgIpc) is 3.41. The van der Waals surface area contributed by atoms with Crippen molar-refractivity contribution in [1.82, 2.24) is 0 Å². The Labute approximate surface area is 395 Å². The van der Waals surface area contributed by atoms with Crippen LogP contribution in [-0.2, 0) is 0 Å². The van der Waals surface area contributed by atoms with Crippen LogP contribution in [0, 0.1) is 0 Å². The summed E-state index contributed by atoms with van der Waals surface area (Å²) in [5, 5.41) is 14.6. The molecule has 2 heteroatoms. The molecule has 0 aliphatic rings. The van der Waals surface area contributed by atoms with E-state index < -0.39 is 0 Å². The van der Waals surface area contributed by atoms with Gasteiger partial charge in [0, 0.05) is 38.9 Å². The zero-order valence-electron chi connectivity index (χ0n) is 37.3. The van der Waals surface area contributed by atoms with E-state index in [0.717, 1.165) is 28.4 Å². The molecule has 0 saturated carbocycles. The summed E-state index contributed by atoms with van der Waals surface area (Å²) >= 11 is 0. The highest BCUT2D eigenvalue weighted by atomic mass is 15.1. The molecule has 318 valence electrons. The second kappa shape index (κ2) is 16.5. The van der Waals surface area contributed by atoms with Crippen LogP contribution in [0.15, 0.2) is 267 Å². The molecule has 13 aromatic rings. The Morgan fingerprint density at radius 3 is 1.07 bits per heavy atom. The Hall–Kier alpha value is -8.98. The van der Waals surface area contributed by atoms with Gasteiger partial charge >= 0.3 is 0 Å². The molecular weight excluding hydrogens is 821 g/mol. The van der Waals surface area contributed by atoms with Crippen molar-refractivity contribution in [2.45, 2.75) is 0 Å². The molecule has 0 aliphatic carbocycles. The molecule has 0 heterocycles. The SMILES string of the molecule is c1ccc(N(c2ccccc2)c2cccc3cc4c(-c5c6ccccc6c(-c6cccc7c(N(c8ccccc8)c8ccccc8)c8ccccc8cc67)c6ccccc56)cccc4cc23)cc1. The number of hydrogen-bond donors (Lipinski definition) is 0. The van der Waals surface area contributed by atoms with E-state index in [0.29, 0.717) is 0 Å². The first kappa shape index (κ1) is 39.4. The van der Waals surface area contributed by atoms with Crippen LogP contribution in [0.4, 0.5) is 34.1 Å². The van der Waals surface area contributed by atoms with Crippen LogP contribution in [0.25, 0.3) is 86.9 Å². The minimum atomic E-state index is 1.12. The van der Waals surface area contributed by atoms with Crippen LogP contribution >= 0.6 is 0 Å². The van der Waals surface area contributed by atoms with Gasteiger partial charge in [0.15, 0.2) is 0 Å². The van der Waals surface area contributed by atoms with Gasteiger partial charge in [0.25, 0.3) is 0 Å². The van der Waals surface area contributed by atoms with Crippen molar-refractivity contribution < 1.29 is 0 Å². The third-order valence-electron chi connectivity index (χ3n) is 13.7. The van der Waals surface area contributed by atoms with Crippen molar-refractivity contribution in [2.24, 2.45) is 0 Å². The van der Waals surface area contributed by atoms with Crippen LogP contribution in [0.3, 0.4) is 0 Å². The van der Waals surface area contributed by atoms with Crippen LogP contribution < -0.4 is 9.80 Å². The van der Waals surface area contributed by atoms with Gasteiger partial charge in [-0.3, -0.25) is 0 Å². The van der Waals surface area contributed by atoms with Crippen molar-refractivity contribution >= 4 is 98.8 Å². The predicted molar refractivity (Wildman–Crippen MR) is 292 cm³/mol. The van der Waals surface area contributed by atoms with Gasteiger partial charge in [-0.1, -0.05) is 194 Å². The maximum atomic E-state index is 2.43. The summed E-state index contributed by atoms with van der Waals surface area (Å²) < 4.78 is 0. The lowest BCUT2D eigenvalue weighted by Crippen LogP contribution is -2.11. The Bertz CT molecular complexity index is 3880. The van der Waals surface area contributed by atoms with Gasteiger partial charge in [0.05, 0.1) is 11.4 Å². The lowest BCUT2D eigenvalue weighted by Gasteiger charge is -2.29. The smallest absolute Gasteiger partial charge is 0.0618 e. The highest BCUT2D eigenvalue weighted by molar-refractivity contribution is 6.27. The van der Waals surface area contributed by atoms with Gasteiger partial charge in [-0.2, -0.15) is 0 Å². The molecule has 0 unspecified atom stereocenters. The molecule has 0 bridgehead atoms. The number of rotatable bonds is 8. The summed E-state index contributed by atoms with van der Waals surface area (Å²) in [6.45, 7) is 0. The van der Waals surface area contributed by atoms with Gasteiger partial charge in [-0.05, 0) is 144 Å². The first-order valence-electron chi connectivity index (χ1n) is 23.4. The lowest BCUT2D eigenvalue weighted by molar-refractivity contribution is 1.30. The topological polar surface area (TPSA) is 6.48 Å². The molecule has 2 nitrogen and oxygen atoms in total. The standard InChI is InChI=1S/C66H44N2/c1-5-25-48(26-6-1)67(49-27-7-2-8-28-49)63-41-20-24-47-42-60-46(43-61(47)63)23-19-38-57(60)64-53-34-15-17-36-55(53)65(56-37-18-16-35-54(56)64)58-39-21-40-59-62(58)44-45-22-13-14-33-52(45)66(59)68(50-29-9-3-10-30-50)51-31-11-4-12-32-51/h1-44H. The summed E-state index contributed by atoms with van der Waals surface area (Å²) in [5.74, 6) is 0. The zero-order chi connectivity index (χ0) is 45.0. The number of benzene rings is 13. The van der Waals surface area contributed by atoms with Gasteiger partial charge < -0.3 is 9.80 Å². The quantitative estimate of drug-likeness (QED) is 0.140. The Kier molecular flexibility index (Phi) is 9.54. The van der Waals surface area contributed by atoms with Crippen molar-refractivity contribution in [1.29, 1.82) is 0 Å². The van der Waals surface area contributed by atoms with E-state index in [2.05, 4.69) is 277 Å². The summed E-state index contributed by atoms with van der Waals surface area (Å²) in [7, 11) is 0. The minimum absolute atomic E-state index is 1.12. The zero-order valence-corrected chi connectivity index (χ0v) is 37.3. The second-order valence-corrected chi connectivity index (χ2v) is 17.6. The lowest BCUT2D eigenvalue weighted by atomic mass is 9.83. The van der Waals surface area contributed by atoms with Crippen LogP contribution in [0.2, 0.25) is 0 Å². The third-order valence-corrected chi connectivity index (χ3v) is 13.7. The highest BCUT2D eigenvalue weighted by Gasteiger charge is 2.24. The van der Waals surface area contributed by atoms with E-state index in [1.54, 1.807) is 0 Å². The molecule has 68 heavy (non-hydrogen) atoms. The summed E-state index contributed by atoms with van der Waals surface area (Å²) in [6, 6.07) is 97.5. The first-order chi connectivity index (χ1) is 33.8. The number of hydrogen-bond acceptors (Lipinski definition) is 2. The van der Waals surface area contributed by atoms with E-state index in [1.165, 1.54) is 92.6 Å². The largest absolute Gasteiger partial charge is 0.310 e. The molecule has 0 fully saturated rings. The Morgan fingerprint density at radius 2 is 0.544 bits per heavy atom. The fourth-order valence-electron chi connectivity index (χ4n) is 10.8.